The van der Waals surface area contributed by atoms with Gasteiger partial charge in [0, 0.05) is 11.8 Å². The van der Waals surface area contributed by atoms with Gasteiger partial charge in [-0.15, -0.1) is 0 Å². The third kappa shape index (κ3) is 3.98. The second-order valence-corrected chi connectivity index (χ2v) is 7.16. The minimum Gasteiger partial charge on any atom is -0.313 e. The molecule has 1 aromatic carbocycles. The van der Waals surface area contributed by atoms with Gasteiger partial charge in [0.15, 0.2) is 0 Å². The van der Waals surface area contributed by atoms with Gasteiger partial charge < -0.3 is 5.32 Å². The number of nitrogens with one attached hydrogen (secondary N) is 1. The van der Waals surface area contributed by atoms with E-state index in [1.807, 2.05) is 23.9 Å². The highest BCUT2D eigenvalue weighted by molar-refractivity contribution is 7.99. The number of hydrogen-bond acceptors (Lipinski definition) is 4. The molecule has 1 aromatic rings. The zero-order chi connectivity index (χ0) is 13.0. The quantitative estimate of drug-likeness (QED) is 0.846. The highest BCUT2D eigenvalue weighted by Crippen LogP contribution is 2.17. The molecule has 1 heterocycles. The van der Waals surface area contributed by atoms with E-state index < -0.39 is 10.0 Å². The van der Waals surface area contributed by atoms with Crippen LogP contribution < -0.4 is 10.5 Å². The zero-order valence-corrected chi connectivity index (χ0v) is 11.8. The van der Waals surface area contributed by atoms with Gasteiger partial charge in [-0.05, 0) is 42.8 Å². The van der Waals surface area contributed by atoms with Crippen molar-refractivity contribution in [2.45, 2.75) is 23.8 Å². The molecule has 1 saturated heterocycles. The van der Waals surface area contributed by atoms with Gasteiger partial charge in [-0.25, -0.2) is 13.6 Å². The lowest BCUT2D eigenvalue weighted by atomic mass is 10.1. The molecule has 4 nitrogen and oxygen atoms in total. The molecule has 0 radical (unpaired) electrons. The normalized spacial score (nSPS) is 20.2. The lowest BCUT2D eigenvalue weighted by Gasteiger charge is -2.10. The van der Waals surface area contributed by atoms with E-state index in [1.165, 1.54) is 17.9 Å². The first-order valence-electron chi connectivity index (χ1n) is 5.98. The van der Waals surface area contributed by atoms with Gasteiger partial charge >= 0.3 is 0 Å². The predicted molar refractivity (Wildman–Crippen MR) is 75.3 cm³/mol. The maximum atomic E-state index is 11.1. The molecular weight excluding hydrogens is 268 g/mol. The van der Waals surface area contributed by atoms with Crippen molar-refractivity contribution in [3.8, 4) is 0 Å². The van der Waals surface area contributed by atoms with Crippen LogP contribution in [0.3, 0.4) is 0 Å². The van der Waals surface area contributed by atoms with Crippen LogP contribution in [0, 0.1) is 0 Å². The van der Waals surface area contributed by atoms with Gasteiger partial charge in [-0.2, -0.15) is 11.8 Å². The van der Waals surface area contributed by atoms with Crippen LogP contribution in [-0.2, 0) is 16.4 Å². The van der Waals surface area contributed by atoms with Crippen molar-refractivity contribution in [2.24, 2.45) is 5.14 Å². The van der Waals surface area contributed by atoms with Crippen molar-refractivity contribution in [1.82, 2.24) is 5.32 Å². The Labute approximate surface area is 112 Å². The van der Waals surface area contributed by atoms with E-state index in [-0.39, 0.29) is 4.90 Å². The smallest absolute Gasteiger partial charge is 0.238 e. The lowest BCUT2D eigenvalue weighted by Crippen LogP contribution is -2.30. The molecule has 6 heteroatoms. The molecular formula is C12H18N2O2S2. The Bertz CT molecular complexity index is 479. The Morgan fingerprint density at radius 2 is 2.06 bits per heavy atom. The number of hydrogen-bond donors (Lipinski definition) is 2. The zero-order valence-electron chi connectivity index (χ0n) is 10.1. The van der Waals surface area contributed by atoms with Crippen molar-refractivity contribution in [3.05, 3.63) is 29.8 Å². The van der Waals surface area contributed by atoms with Gasteiger partial charge in [-0.1, -0.05) is 12.1 Å². The SMILES string of the molecule is NS(=O)(=O)c1ccc(CCNC2CCSC2)cc1. The summed E-state index contributed by atoms with van der Waals surface area (Å²) in [6, 6.07) is 7.42. The van der Waals surface area contributed by atoms with Crippen LogP contribution >= 0.6 is 11.8 Å². The van der Waals surface area contributed by atoms with E-state index in [0.29, 0.717) is 6.04 Å². The molecule has 0 spiro atoms. The van der Waals surface area contributed by atoms with Crippen molar-refractivity contribution < 1.29 is 8.42 Å². The van der Waals surface area contributed by atoms with Crippen LogP contribution in [0.4, 0.5) is 0 Å². The van der Waals surface area contributed by atoms with Gasteiger partial charge in [0.05, 0.1) is 4.90 Å². The maximum Gasteiger partial charge on any atom is 0.238 e. The van der Waals surface area contributed by atoms with Crippen molar-refractivity contribution in [3.63, 3.8) is 0 Å². The third-order valence-electron chi connectivity index (χ3n) is 3.03. The van der Waals surface area contributed by atoms with E-state index >= 15 is 0 Å². The second-order valence-electron chi connectivity index (χ2n) is 4.45. The Hall–Kier alpha value is -0.560. The highest BCUT2D eigenvalue weighted by atomic mass is 32.2. The van der Waals surface area contributed by atoms with Crippen LogP contribution in [-0.4, -0.2) is 32.5 Å². The highest BCUT2D eigenvalue weighted by Gasteiger charge is 2.14. The number of primary sulfonamides is 1. The Morgan fingerprint density at radius 3 is 2.61 bits per heavy atom. The van der Waals surface area contributed by atoms with E-state index in [4.69, 9.17) is 5.14 Å². The molecule has 1 fully saturated rings. The predicted octanol–water partition coefficient (Wildman–Crippen LogP) is 0.972. The molecule has 1 aliphatic heterocycles. The van der Waals surface area contributed by atoms with Gasteiger partial charge in [-0.3, -0.25) is 0 Å². The molecule has 3 N–H and O–H groups in total. The van der Waals surface area contributed by atoms with Crippen LogP contribution in [0.15, 0.2) is 29.2 Å². The summed E-state index contributed by atoms with van der Waals surface area (Å²) in [7, 11) is -3.57. The number of thioether (sulfide) groups is 1. The number of rotatable bonds is 5. The molecule has 0 amide bonds. The molecule has 0 aromatic heterocycles. The average molecular weight is 286 g/mol. The minimum absolute atomic E-state index is 0.173. The third-order valence-corrected chi connectivity index (χ3v) is 5.12. The van der Waals surface area contributed by atoms with Crippen molar-refractivity contribution in [1.29, 1.82) is 0 Å². The summed E-state index contributed by atoms with van der Waals surface area (Å²) in [5.74, 6) is 2.45. The second kappa shape index (κ2) is 6.06. The minimum atomic E-state index is -3.57. The maximum absolute atomic E-state index is 11.1. The summed E-state index contributed by atoms with van der Waals surface area (Å²) in [5, 5.41) is 8.56. The summed E-state index contributed by atoms with van der Waals surface area (Å²) < 4.78 is 22.2. The van der Waals surface area contributed by atoms with Crippen LogP contribution in [0.5, 0.6) is 0 Å². The Morgan fingerprint density at radius 1 is 1.33 bits per heavy atom. The first-order valence-corrected chi connectivity index (χ1v) is 8.69. The summed E-state index contributed by atoms with van der Waals surface area (Å²) >= 11 is 1.99. The first kappa shape index (κ1) is 13.9. The molecule has 2 rings (SSSR count). The van der Waals surface area contributed by atoms with E-state index in [2.05, 4.69) is 5.32 Å². The van der Waals surface area contributed by atoms with Crippen LogP contribution in [0.25, 0.3) is 0 Å². The molecule has 1 aliphatic rings. The molecule has 100 valence electrons. The summed E-state index contributed by atoms with van der Waals surface area (Å²) in [6.45, 7) is 0.931. The van der Waals surface area contributed by atoms with E-state index in [9.17, 15) is 8.42 Å². The fraction of sp³-hybridized carbons (Fsp3) is 0.500. The Balaban J connectivity index is 1.83. The molecule has 1 unspecified atom stereocenters. The first-order chi connectivity index (χ1) is 8.55. The van der Waals surface area contributed by atoms with Gasteiger partial charge in [0.1, 0.15) is 0 Å². The summed E-state index contributed by atoms with van der Waals surface area (Å²) in [4.78, 5) is 0.173. The molecule has 0 aliphatic carbocycles. The summed E-state index contributed by atoms with van der Waals surface area (Å²) in [5.41, 5.74) is 1.13. The molecule has 18 heavy (non-hydrogen) atoms. The van der Waals surface area contributed by atoms with Crippen LogP contribution in [0.2, 0.25) is 0 Å². The number of sulfonamides is 1. The molecule has 0 bridgehead atoms. The van der Waals surface area contributed by atoms with Crippen molar-refractivity contribution in [2.75, 3.05) is 18.1 Å². The summed E-state index contributed by atoms with van der Waals surface area (Å²) in [6.07, 6.45) is 2.15. The van der Waals surface area contributed by atoms with E-state index in [1.54, 1.807) is 12.1 Å². The Kier molecular flexibility index (Phi) is 4.66. The number of nitrogens with two attached hydrogens (primary N) is 1. The van der Waals surface area contributed by atoms with Gasteiger partial charge in [0.25, 0.3) is 0 Å². The number of benzene rings is 1. The van der Waals surface area contributed by atoms with Crippen molar-refractivity contribution >= 4 is 21.8 Å². The van der Waals surface area contributed by atoms with E-state index in [0.717, 1.165) is 18.5 Å². The fourth-order valence-electron chi connectivity index (χ4n) is 1.96. The average Bonchev–Trinajstić information content (AvgIpc) is 2.82. The molecule has 1 atom stereocenters. The monoisotopic (exact) mass is 286 g/mol. The van der Waals surface area contributed by atoms with Crippen LogP contribution in [0.1, 0.15) is 12.0 Å². The van der Waals surface area contributed by atoms with Gasteiger partial charge in [0.2, 0.25) is 10.0 Å². The largest absolute Gasteiger partial charge is 0.313 e. The fourth-order valence-corrected chi connectivity index (χ4v) is 3.66. The lowest BCUT2D eigenvalue weighted by molar-refractivity contribution is 0.560. The molecule has 0 saturated carbocycles. The standard InChI is InChI=1S/C12H18N2O2S2/c13-18(15,16)12-3-1-10(2-4-12)5-7-14-11-6-8-17-9-11/h1-4,11,14H,5-9H2,(H2,13,15,16). The topological polar surface area (TPSA) is 72.2 Å².